The number of halogens is 1. The zero-order valence-electron chi connectivity index (χ0n) is 36.5. The Morgan fingerprint density at radius 3 is 1.30 bits per heavy atom. The molecule has 0 spiro atoms. The van der Waals surface area contributed by atoms with Crippen LogP contribution in [0.1, 0.15) is 79.9 Å². The molecule has 2 aliphatic rings. The highest BCUT2D eigenvalue weighted by Gasteiger charge is 2.45. The molecule has 0 aliphatic carbocycles. The summed E-state index contributed by atoms with van der Waals surface area (Å²) >= 11 is 5.48. The minimum Gasteiger partial charge on any atom is -0.461 e. The van der Waals surface area contributed by atoms with Crippen LogP contribution in [0.4, 0.5) is 11.4 Å². The molecule has 22 nitrogen and oxygen atoms in total. The molecule has 352 valence electrons. The van der Waals surface area contributed by atoms with Crippen LogP contribution in [0.3, 0.4) is 0 Å². The fraction of sp³-hybridized carbons (Fsp3) is 0.561. The summed E-state index contributed by atoms with van der Waals surface area (Å²) in [5.41, 5.74) is 0.262. The van der Waals surface area contributed by atoms with Crippen molar-refractivity contribution >= 4 is 59.2 Å². The molecule has 0 N–H and O–H groups in total. The third-order valence-corrected chi connectivity index (χ3v) is 10.3. The molecule has 2 aliphatic heterocycles. The van der Waals surface area contributed by atoms with E-state index in [0.717, 1.165) is 0 Å². The Morgan fingerprint density at radius 1 is 0.625 bits per heavy atom. The highest BCUT2D eigenvalue weighted by molar-refractivity contribution is 6.18. The molecule has 4 rings (SSSR count). The predicted molar refractivity (Wildman–Crippen MR) is 214 cm³/mol. The Balaban J connectivity index is 0.000000571. The summed E-state index contributed by atoms with van der Waals surface area (Å²) in [6.45, 7) is 15.2. The SMILES string of the molecule is CC(=O)OC1[C@H](Oc2ccc(COC(=O)CCCl)cc2[N+](=O)[O-])OC(C)[C@@H](C)[C@@H]1C.CC(=O)OCc1ccc(O[C@@H]2OC(C)[C@@H](C)[C@H](C)C2OC(C)=O)c([N+](=O)[O-])c1.O=C=O.O=C=O. The van der Waals surface area contributed by atoms with Gasteiger partial charge in [0.2, 0.25) is 12.6 Å². The third kappa shape index (κ3) is 17.8. The summed E-state index contributed by atoms with van der Waals surface area (Å²) in [5, 5.41) is 23.1. The van der Waals surface area contributed by atoms with E-state index in [0.29, 0.717) is 11.1 Å². The van der Waals surface area contributed by atoms with Crippen LogP contribution in [0.15, 0.2) is 36.4 Å². The topological polar surface area (TPSA) is 297 Å². The van der Waals surface area contributed by atoms with E-state index >= 15 is 0 Å². The number of benzene rings is 2. The van der Waals surface area contributed by atoms with Crippen LogP contribution in [-0.4, -0.2) is 88.9 Å². The van der Waals surface area contributed by atoms with Crippen LogP contribution in [0, 0.1) is 43.9 Å². The van der Waals surface area contributed by atoms with Gasteiger partial charge in [0, 0.05) is 50.6 Å². The third-order valence-electron chi connectivity index (χ3n) is 10.1. The number of carbonyl (C=O) groups excluding carboxylic acids is 8. The number of carbonyl (C=O) groups is 4. The van der Waals surface area contributed by atoms with Gasteiger partial charge in [-0.05, 0) is 48.9 Å². The summed E-state index contributed by atoms with van der Waals surface area (Å²) in [7, 11) is 0. The van der Waals surface area contributed by atoms with Crippen LogP contribution >= 0.6 is 11.6 Å². The van der Waals surface area contributed by atoms with Crippen molar-refractivity contribution in [2.45, 2.75) is 119 Å². The average Bonchev–Trinajstić information content (AvgIpc) is 3.21. The normalized spacial score (nSPS) is 24.2. The van der Waals surface area contributed by atoms with Gasteiger partial charge in [0.1, 0.15) is 13.2 Å². The minimum atomic E-state index is -0.999. The molecule has 2 heterocycles. The summed E-state index contributed by atoms with van der Waals surface area (Å²) in [4.78, 5) is 99.8. The first-order valence-electron chi connectivity index (χ1n) is 19.4. The maximum atomic E-state index is 11.6. The standard InChI is InChI=1S/C20H26ClNO8.C19H25NO8.2CO2/c1-11-12(2)19(29-14(4)23)20(28-13(11)3)30-17-6-5-15(9-16(17)22(25)26)10-27-18(24)7-8-21;1-10-11(2)18(27-14(5)22)19(26-12(10)3)28-17-7-6-15(9-25-13(4)21)8-16(17)20(23)24;2*2-1-3/h5-6,9,11-13,19-20H,7-8,10H2,1-4H3;6-8,10-12,18-19H,9H2,1-5H3;;/t11-,12-,13?,19?,20-;10-,11-,12?,18?,19-;;/m00../s1. The highest BCUT2D eigenvalue weighted by Crippen LogP contribution is 2.38. The highest BCUT2D eigenvalue weighted by atomic mass is 35.5. The maximum absolute atomic E-state index is 11.6. The maximum Gasteiger partial charge on any atom is 0.373 e. The number of hydrogen-bond acceptors (Lipinski definition) is 20. The van der Waals surface area contributed by atoms with Gasteiger partial charge >= 0.3 is 47.6 Å². The summed E-state index contributed by atoms with van der Waals surface area (Å²) < 4.78 is 43.9. The van der Waals surface area contributed by atoms with E-state index in [1.165, 1.54) is 45.0 Å². The quantitative estimate of drug-likeness (QED) is 0.0751. The van der Waals surface area contributed by atoms with E-state index in [-0.39, 0.29) is 96.6 Å². The second-order valence-corrected chi connectivity index (χ2v) is 14.8. The average molecular weight is 927 g/mol. The predicted octanol–water partition coefficient (Wildman–Crippen LogP) is 5.41. The second-order valence-electron chi connectivity index (χ2n) is 14.4. The number of esters is 4. The molecular weight excluding hydrogens is 876 g/mol. The van der Waals surface area contributed by atoms with Gasteiger partial charge in [-0.15, -0.1) is 11.6 Å². The lowest BCUT2D eigenvalue weighted by molar-refractivity contribution is -0.387. The number of rotatable bonds is 14. The van der Waals surface area contributed by atoms with Gasteiger partial charge in [0.15, 0.2) is 23.7 Å². The first-order valence-corrected chi connectivity index (χ1v) is 20.0. The summed E-state index contributed by atoms with van der Waals surface area (Å²) in [5.74, 6) is -1.84. The van der Waals surface area contributed by atoms with Gasteiger partial charge < -0.3 is 37.9 Å². The van der Waals surface area contributed by atoms with E-state index < -0.39 is 58.5 Å². The zero-order chi connectivity index (χ0) is 48.8. The Morgan fingerprint density at radius 2 is 0.984 bits per heavy atom. The van der Waals surface area contributed by atoms with Crippen molar-refractivity contribution in [2.24, 2.45) is 23.7 Å². The van der Waals surface area contributed by atoms with Crippen LogP contribution in [0.5, 0.6) is 11.5 Å². The molecule has 0 radical (unpaired) electrons. The first kappa shape index (κ1) is 55.7. The number of hydrogen-bond donors (Lipinski definition) is 0. The van der Waals surface area contributed by atoms with Gasteiger partial charge in [-0.1, -0.05) is 39.8 Å². The van der Waals surface area contributed by atoms with E-state index in [2.05, 4.69) is 0 Å². The first-order chi connectivity index (χ1) is 30.1. The molecule has 2 saturated heterocycles. The number of ether oxygens (including phenoxy) is 8. The lowest BCUT2D eigenvalue weighted by Gasteiger charge is -2.42. The molecule has 0 saturated carbocycles. The number of nitro groups is 2. The van der Waals surface area contributed by atoms with E-state index in [1.807, 2.05) is 41.5 Å². The van der Waals surface area contributed by atoms with Gasteiger partial charge in [-0.3, -0.25) is 39.4 Å². The molecule has 0 aromatic heterocycles. The van der Waals surface area contributed by atoms with Crippen LogP contribution in [0.2, 0.25) is 0 Å². The zero-order valence-corrected chi connectivity index (χ0v) is 37.3. The van der Waals surface area contributed by atoms with Gasteiger partial charge in [-0.25, -0.2) is 0 Å². The molecule has 0 amide bonds. The van der Waals surface area contributed by atoms with E-state index in [1.54, 1.807) is 12.1 Å². The Kier molecular flexibility index (Phi) is 24.1. The van der Waals surface area contributed by atoms with Gasteiger partial charge in [-0.2, -0.15) is 19.2 Å². The lowest BCUT2D eigenvalue weighted by atomic mass is 9.84. The van der Waals surface area contributed by atoms with Crippen molar-refractivity contribution < 1.29 is 86.1 Å². The van der Waals surface area contributed by atoms with E-state index in [4.69, 9.17) is 68.7 Å². The molecular formula is C41H51ClN2O20. The lowest BCUT2D eigenvalue weighted by Crippen LogP contribution is -2.52. The summed E-state index contributed by atoms with van der Waals surface area (Å²) in [6, 6.07) is 8.47. The molecule has 2 aromatic rings. The van der Waals surface area contributed by atoms with Crippen molar-refractivity contribution in [2.75, 3.05) is 5.88 Å². The number of nitro benzene ring substituents is 2. The molecule has 2 fully saturated rings. The Bertz CT molecular complexity index is 1970. The minimum absolute atomic E-state index is 0.0207. The molecule has 0 bridgehead atoms. The van der Waals surface area contributed by atoms with Crippen molar-refractivity contribution in [3.05, 3.63) is 67.8 Å². The molecule has 2 aromatic carbocycles. The van der Waals surface area contributed by atoms with Crippen LogP contribution in [-0.2, 0) is 80.0 Å². The number of alkyl halides is 1. The molecule has 10 atom stereocenters. The summed E-state index contributed by atoms with van der Waals surface area (Å²) in [6.07, 6.45) is -3.24. The Labute approximate surface area is 372 Å². The van der Waals surface area contributed by atoms with Crippen molar-refractivity contribution in [3.63, 3.8) is 0 Å². The Hall–Kier alpha value is -6.31. The van der Waals surface area contributed by atoms with Crippen molar-refractivity contribution in [1.82, 2.24) is 0 Å². The van der Waals surface area contributed by atoms with Crippen LogP contribution in [0.25, 0.3) is 0 Å². The fourth-order valence-corrected chi connectivity index (χ4v) is 6.37. The molecule has 23 heteroatoms. The van der Waals surface area contributed by atoms with Crippen molar-refractivity contribution in [1.29, 1.82) is 0 Å². The monoisotopic (exact) mass is 926 g/mol. The molecule has 4 unspecified atom stereocenters. The van der Waals surface area contributed by atoms with Crippen LogP contribution < -0.4 is 9.47 Å². The number of nitrogens with zero attached hydrogens (tertiary/aromatic N) is 2. The molecule has 64 heavy (non-hydrogen) atoms. The van der Waals surface area contributed by atoms with Crippen molar-refractivity contribution in [3.8, 4) is 11.5 Å². The van der Waals surface area contributed by atoms with Gasteiger partial charge in [0.25, 0.3) is 0 Å². The second kappa shape index (κ2) is 27.7. The van der Waals surface area contributed by atoms with Gasteiger partial charge in [0.05, 0.1) is 28.5 Å². The smallest absolute Gasteiger partial charge is 0.373 e. The largest absolute Gasteiger partial charge is 0.461 e. The fourth-order valence-electron chi connectivity index (χ4n) is 6.21. The van der Waals surface area contributed by atoms with E-state index in [9.17, 15) is 39.4 Å².